The highest BCUT2D eigenvalue weighted by Crippen LogP contribution is 2.24. The van der Waals surface area contributed by atoms with Crippen molar-refractivity contribution in [1.82, 2.24) is 19.9 Å². The molecule has 0 amide bonds. The number of hydrogen-bond acceptors (Lipinski definition) is 6. The van der Waals surface area contributed by atoms with E-state index in [0.717, 1.165) is 49.0 Å². The number of aromatic nitrogens is 3. The van der Waals surface area contributed by atoms with Gasteiger partial charge in [-0.05, 0) is 49.1 Å². The van der Waals surface area contributed by atoms with Gasteiger partial charge >= 0.3 is 0 Å². The normalized spacial score (nSPS) is 17.0. The minimum atomic E-state index is -0.0220. The van der Waals surface area contributed by atoms with Gasteiger partial charge in [-0.15, -0.1) is 0 Å². The number of ether oxygens (including phenoxy) is 1. The van der Waals surface area contributed by atoms with Gasteiger partial charge in [0, 0.05) is 57.4 Å². The van der Waals surface area contributed by atoms with Crippen LogP contribution in [0.3, 0.4) is 0 Å². The van der Waals surface area contributed by atoms with Gasteiger partial charge in [0.05, 0.1) is 12.3 Å². The zero-order valence-corrected chi connectivity index (χ0v) is 18.9. The van der Waals surface area contributed by atoms with Crippen molar-refractivity contribution in [3.05, 3.63) is 82.4 Å². The molecule has 1 saturated heterocycles. The first kappa shape index (κ1) is 21.4. The lowest BCUT2D eigenvalue weighted by Crippen LogP contribution is -2.38. The summed E-state index contributed by atoms with van der Waals surface area (Å²) in [4.78, 5) is 18.0. The zero-order chi connectivity index (χ0) is 21.8. The van der Waals surface area contributed by atoms with Crippen LogP contribution in [0.1, 0.15) is 39.7 Å². The number of hydrogen-bond donors (Lipinski definition) is 0. The van der Waals surface area contributed by atoms with Crippen LogP contribution in [0.25, 0.3) is 0 Å². The Hall–Kier alpha value is -2.83. The fourth-order valence-electron chi connectivity index (χ4n) is 4.01. The molecule has 0 radical (unpaired) electrons. The molecule has 31 heavy (non-hydrogen) atoms. The summed E-state index contributed by atoms with van der Waals surface area (Å²) in [7, 11) is 3.90. The second kappa shape index (κ2) is 9.54. The van der Waals surface area contributed by atoms with Crippen LogP contribution in [0.2, 0.25) is 0 Å². The summed E-state index contributed by atoms with van der Waals surface area (Å²) in [6.45, 7) is 7.46. The lowest BCUT2D eigenvalue weighted by Gasteiger charge is -2.32. The van der Waals surface area contributed by atoms with Gasteiger partial charge in [-0.2, -0.15) is 0 Å². The van der Waals surface area contributed by atoms with Crippen LogP contribution in [0.5, 0.6) is 0 Å². The maximum Gasteiger partial charge on any atom is 0.224 e. The highest BCUT2D eigenvalue weighted by molar-refractivity contribution is 5.33. The molecule has 0 spiro atoms. The zero-order valence-electron chi connectivity index (χ0n) is 18.9. The summed E-state index contributed by atoms with van der Waals surface area (Å²) in [6, 6.07) is 13.0. The van der Waals surface area contributed by atoms with Crippen molar-refractivity contribution < 1.29 is 4.74 Å². The average Bonchev–Trinajstić information content (AvgIpc) is 2.76. The Balaban J connectivity index is 1.46. The third-order valence-corrected chi connectivity index (χ3v) is 5.67. The van der Waals surface area contributed by atoms with Crippen LogP contribution in [-0.2, 0) is 17.7 Å². The molecule has 4 rings (SSSR count). The number of morpholine rings is 1. The van der Waals surface area contributed by atoms with E-state index >= 15 is 0 Å². The molecule has 1 aliphatic rings. The van der Waals surface area contributed by atoms with Crippen LogP contribution in [-0.4, -0.2) is 53.6 Å². The minimum Gasteiger partial charge on any atom is -0.369 e. The highest BCUT2D eigenvalue weighted by Gasteiger charge is 2.24. The van der Waals surface area contributed by atoms with Crippen LogP contribution in [0.4, 0.5) is 5.95 Å². The fourth-order valence-corrected chi connectivity index (χ4v) is 4.01. The first-order chi connectivity index (χ1) is 15.0. The molecule has 0 saturated carbocycles. The Morgan fingerprint density at radius 2 is 1.84 bits per heavy atom. The van der Waals surface area contributed by atoms with Crippen molar-refractivity contribution in [1.29, 1.82) is 0 Å². The van der Waals surface area contributed by atoms with Gasteiger partial charge in [0.25, 0.3) is 0 Å². The molecule has 1 aromatic carbocycles. The molecule has 3 aromatic rings. The molecule has 6 heteroatoms. The Morgan fingerprint density at radius 3 is 2.58 bits per heavy atom. The summed E-state index contributed by atoms with van der Waals surface area (Å²) in [6.07, 6.45) is 4.72. The Bertz CT molecular complexity index is 1020. The predicted octanol–water partition coefficient (Wildman–Crippen LogP) is 3.72. The molecule has 162 valence electrons. The van der Waals surface area contributed by atoms with Gasteiger partial charge < -0.3 is 9.64 Å². The third kappa shape index (κ3) is 5.46. The molecule has 2 aromatic heterocycles. The molecule has 3 heterocycles. The van der Waals surface area contributed by atoms with Gasteiger partial charge in [0.2, 0.25) is 5.95 Å². The molecule has 6 nitrogen and oxygen atoms in total. The first-order valence-corrected chi connectivity index (χ1v) is 10.8. The summed E-state index contributed by atoms with van der Waals surface area (Å²) < 4.78 is 6.12. The Kier molecular flexibility index (Phi) is 6.59. The monoisotopic (exact) mass is 417 g/mol. The number of rotatable bonds is 6. The number of aryl methyl sites for hydroxylation is 2. The van der Waals surface area contributed by atoms with Gasteiger partial charge in [-0.25, -0.2) is 9.97 Å². The van der Waals surface area contributed by atoms with E-state index in [1.54, 1.807) is 0 Å². The topological polar surface area (TPSA) is 54.4 Å². The lowest BCUT2D eigenvalue weighted by atomic mass is 9.99. The van der Waals surface area contributed by atoms with E-state index in [1.807, 2.05) is 31.4 Å². The molecule has 1 aliphatic heterocycles. The van der Waals surface area contributed by atoms with Crippen LogP contribution in [0.15, 0.2) is 48.8 Å². The third-order valence-electron chi connectivity index (χ3n) is 5.67. The van der Waals surface area contributed by atoms with Crippen LogP contribution < -0.4 is 4.90 Å². The van der Waals surface area contributed by atoms with Gasteiger partial charge in [0.15, 0.2) is 0 Å². The Labute approximate surface area is 184 Å². The summed E-state index contributed by atoms with van der Waals surface area (Å²) >= 11 is 0. The van der Waals surface area contributed by atoms with Gasteiger partial charge in [0.1, 0.15) is 6.10 Å². The molecule has 0 unspecified atom stereocenters. The average molecular weight is 418 g/mol. The standard InChI is InChI=1S/C25H31N5O/c1-18-7-5-6-8-22(18)12-20-11-19(2)28-23(13-20)24-17-30(9-10-31-24)16-21-14-26-25(27-15-21)29(3)4/h5-8,11,13-15,24H,9-10,12,16-17H2,1-4H3/t24-/m1/s1. The number of anilines is 1. The molecular formula is C25H31N5O. The van der Waals surface area contributed by atoms with Crippen molar-refractivity contribution in [3.8, 4) is 0 Å². The van der Waals surface area contributed by atoms with Crippen molar-refractivity contribution in [2.24, 2.45) is 0 Å². The molecule has 1 atom stereocenters. The smallest absolute Gasteiger partial charge is 0.224 e. The van der Waals surface area contributed by atoms with Gasteiger partial charge in [-0.1, -0.05) is 24.3 Å². The fraction of sp³-hybridized carbons (Fsp3) is 0.400. The maximum atomic E-state index is 6.12. The van der Waals surface area contributed by atoms with E-state index in [0.29, 0.717) is 6.61 Å². The summed E-state index contributed by atoms with van der Waals surface area (Å²) in [5, 5.41) is 0. The summed E-state index contributed by atoms with van der Waals surface area (Å²) in [5.74, 6) is 0.730. The van der Waals surface area contributed by atoms with Crippen molar-refractivity contribution >= 4 is 5.95 Å². The molecule has 1 fully saturated rings. The molecule has 0 bridgehead atoms. The molecule has 0 aliphatic carbocycles. The van der Waals surface area contributed by atoms with E-state index in [4.69, 9.17) is 9.72 Å². The SMILES string of the molecule is Cc1cc(Cc2ccccc2C)cc([C@H]2CN(Cc3cnc(N(C)C)nc3)CCO2)n1. The quantitative estimate of drug-likeness (QED) is 0.609. The van der Waals surface area contributed by atoms with E-state index in [9.17, 15) is 0 Å². The van der Waals surface area contributed by atoms with E-state index < -0.39 is 0 Å². The highest BCUT2D eigenvalue weighted by atomic mass is 16.5. The summed E-state index contributed by atoms with van der Waals surface area (Å²) in [5.41, 5.74) is 7.13. The molecular weight excluding hydrogens is 386 g/mol. The number of benzene rings is 1. The molecule has 0 N–H and O–H groups in total. The van der Waals surface area contributed by atoms with Gasteiger partial charge in [-0.3, -0.25) is 9.88 Å². The van der Waals surface area contributed by atoms with Crippen molar-refractivity contribution in [2.45, 2.75) is 32.9 Å². The largest absolute Gasteiger partial charge is 0.369 e. The lowest BCUT2D eigenvalue weighted by molar-refractivity contribution is -0.0351. The van der Waals surface area contributed by atoms with E-state index in [1.165, 1.54) is 16.7 Å². The van der Waals surface area contributed by atoms with Crippen molar-refractivity contribution in [3.63, 3.8) is 0 Å². The second-order valence-electron chi connectivity index (χ2n) is 8.53. The van der Waals surface area contributed by atoms with Crippen molar-refractivity contribution in [2.75, 3.05) is 38.7 Å². The van der Waals surface area contributed by atoms with Crippen LogP contribution >= 0.6 is 0 Å². The minimum absolute atomic E-state index is 0.0220. The van der Waals surface area contributed by atoms with E-state index in [2.05, 4.69) is 65.1 Å². The van der Waals surface area contributed by atoms with E-state index in [-0.39, 0.29) is 6.10 Å². The maximum absolute atomic E-state index is 6.12. The van der Waals surface area contributed by atoms with Crippen LogP contribution in [0, 0.1) is 13.8 Å². The number of pyridine rings is 1. The number of nitrogens with zero attached hydrogens (tertiary/aromatic N) is 5. The first-order valence-electron chi connectivity index (χ1n) is 10.8. The second-order valence-corrected chi connectivity index (χ2v) is 8.53. The Morgan fingerprint density at radius 1 is 1.06 bits per heavy atom. The predicted molar refractivity (Wildman–Crippen MR) is 123 cm³/mol.